The van der Waals surface area contributed by atoms with Crippen LogP contribution in [-0.2, 0) is 6.54 Å². The molecule has 0 saturated carbocycles. The molecule has 6 heteroatoms. The molecular weight excluding hydrogens is 360 g/mol. The molecule has 0 aliphatic carbocycles. The minimum Gasteiger partial charge on any atom is -0.370 e. The second kappa shape index (κ2) is 10.1. The number of aromatic nitrogens is 2. The van der Waals surface area contributed by atoms with Crippen LogP contribution in [0.5, 0.6) is 0 Å². The number of nitrogens with zero attached hydrogens (tertiary/aromatic N) is 5. The highest BCUT2D eigenvalue weighted by atomic mass is 15.2. The Labute approximate surface area is 175 Å². The molecule has 29 heavy (non-hydrogen) atoms. The van der Waals surface area contributed by atoms with Gasteiger partial charge in [-0.1, -0.05) is 24.3 Å². The molecule has 3 rings (SSSR count). The highest BCUT2D eigenvalue weighted by molar-refractivity contribution is 5.60. The third-order valence-corrected chi connectivity index (χ3v) is 5.68. The summed E-state index contributed by atoms with van der Waals surface area (Å²) in [5.74, 6) is 1.75. The fraction of sp³-hybridized carbons (Fsp3) is 0.565. The van der Waals surface area contributed by atoms with Crippen molar-refractivity contribution in [2.75, 3.05) is 65.7 Å². The summed E-state index contributed by atoms with van der Waals surface area (Å²) in [5.41, 5.74) is 4.59. The van der Waals surface area contributed by atoms with E-state index in [-0.39, 0.29) is 0 Å². The number of hydrogen-bond acceptors (Lipinski definition) is 6. The Hall–Kier alpha value is -2.02. The minimum atomic E-state index is 0.800. The summed E-state index contributed by atoms with van der Waals surface area (Å²) in [5, 5.41) is 3.50. The number of hydrogen-bond donors (Lipinski definition) is 1. The zero-order valence-corrected chi connectivity index (χ0v) is 18.7. The average molecular weight is 397 g/mol. The molecule has 158 valence electrons. The van der Waals surface area contributed by atoms with Crippen LogP contribution in [0.25, 0.3) is 11.4 Å². The van der Waals surface area contributed by atoms with Crippen molar-refractivity contribution in [3.63, 3.8) is 0 Å². The molecule has 2 aromatic rings. The summed E-state index contributed by atoms with van der Waals surface area (Å²) in [4.78, 5) is 16.7. The molecule has 1 N–H and O–H groups in total. The van der Waals surface area contributed by atoms with E-state index in [1.165, 1.54) is 5.56 Å². The lowest BCUT2D eigenvalue weighted by Gasteiger charge is -2.32. The van der Waals surface area contributed by atoms with E-state index in [1.807, 2.05) is 0 Å². The van der Waals surface area contributed by atoms with Crippen LogP contribution in [0.3, 0.4) is 0 Å². The van der Waals surface area contributed by atoms with Crippen LogP contribution < -0.4 is 5.32 Å². The topological polar surface area (TPSA) is 47.5 Å². The van der Waals surface area contributed by atoms with Gasteiger partial charge in [-0.15, -0.1) is 0 Å². The zero-order valence-electron chi connectivity index (χ0n) is 18.7. The van der Waals surface area contributed by atoms with Gasteiger partial charge < -0.3 is 15.1 Å². The third kappa shape index (κ3) is 6.23. The first-order valence-electron chi connectivity index (χ1n) is 10.7. The molecule has 0 amide bonds. The number of benzene rings is 1. The quantitative estimate of drug-likeness (QED) is 0.693. The molecule has 1 saturated heterocycles. The SMILES string of the molecule is Cc1nc(-c2ccc(CN3CCN(C)CC3)cc2)nc(NCCCN(C)C)c1C. The summed E-state index contributed by atoms with van der Waals surface area (Å²) in [6.45, 7) is 11.7. The molecule has 1 aliphatic rings. The van der Waals surface area contributed by atoms with Crippen molar-refractivity contribution in [1.82, 2.24) is 24.7 Å². The van der Waals surface area contributed by atoms with E-state index in [1.54, 1.807) is 0 Å². The normalized spacial score (nSPS) is 15.8. The Morgan fingerprint density at radius 1 is 1.00 bits per heavy atom. The van der Waals surface area contributed by atoms with Crippen molar-refractivity contribution in [3.05, 3.63) is 41.1 Å². The number of piperazine rings is 1. The Bertz CT molecular complexity index is 779. The monoisotopic (exact) mass is 396 g/mol. The lowest BCUT2D eigenvalue weighted by atomic mass is 10.1. The molecule has 1 aromatic heterocycles. The fourth-order valence-corrected chi connectivity index (χ4v) is 3.56. The Balaban J connectivity index is 1.66. The smallest absolute Gasteiger partial charge is 0.161 e. The van der Waals surface area contributed by atoms with Gasteiger partial charge in [0.1, 0.15) is 5.82 Å². The summed E-state index contributed by atoms with van der Waals surface area (Å²) in [6.07, 6.45) is 1.09. The summed E-state index contributed by atoms with van der Waals surface area (Å²) < 4.78 is 0. The first-order chi connectivity index (χ1) is 13.9. The minimum absolute atomic E-state index is 0.800. The van der Waals surface area contributed by atoms with Crippen molar-refractivity contribution < 1.29 is 0 Å². The first-order valence-corrected chi connectivity index (χ1v) is 10.7. The second-order valence-corrected chi connectivity index (χ2v) is 8.47. The van der Waals surface area contributed by atoms with Gasteiger partial charge in [-0.3, -0.25) is 4.90 Å². The van der Waals surface area contributed by atoms with Crippen LogP contribution in [0.4, 0.5) is 5.82 Å². The number of aryl methyl sites for hydroxylation is 1. The van der Waals surface area contributed by atoms with E-state index in [2.05, 4.69) is 79.3 Å². The maximum atomic E-state index is 4.82. The van der Waals surface area contributed by atoms with Gasteiger partial charge in [0, 0.05) is 56.1 Å². The summed E-state index contributed by atoms with van der Waals surface area (Å²) in [7, 11) is 6.40. The molecule has 0 atom stereocenters. The fourth-order valence-electron chi connectivity index (χ4n) is 3.56. The molecule has 0 spiro atoms. The highest BCUT2D eigenvalue weighted by Crippen LogP contribution is 2.22. The van der Waals surface area contributed by atoms with Crippen molar-refractivity contribution >= 4 is 5.82 Å². The van der Waals surface area contributed by atoms with E-state index in [9.17, 15) is 0 Å². The molecule has 2 heterocycles. The van der Waals surface area contributed by atoms with Crippen LogP contribution in [0.2, 0.25) is 0 Å². The molecule has 0 unspecified atom stereocenters. The Morgan fingerprint density at radius 3 is 2.34 bits per heavy atom. The molecular formula is C23H36N6. The number of nitrogens with one attached hydrogen (secondary N) is 1. The lowest BCUT2D eigenvalue weighted by molar-refractivity contribution is 0.148. The predicted molar refractivity (Wildman–Crippen MR) is 121 cm³/mol. The van der Waals surface area contributed by atoms with Crippen molar-refractivity contribution in [3.8, 4) is 11.4 Å². The number of likely N-dealkylation sites (N-methyl/N-ethyl adjacent to an activating group) is 1. The van der Waals surface area contributed by atoms with E-state index in [0.29, 0.717) is 0 Å². The maximum absolute atomic E-state index is 4.82. The summed E-state index contributed by atoms with van der Waals surface area (Å²) >= 11 is 0. The van der Waals surface area contributed by atoms with Gasteiger partial charge >= 0.3 is 0 Å². The van der Waals surface area contributed by atoms with Gasteiger partial charge in [0.15, 0.2) is 5.82 Å². The predicted octanol–water partition coefficient (Wildman–Crippen LogP) is 2.87. The highest BCUT2D eigenvalue weighted by Gasteiger charge is 2.14. The maximum Gasteiger partial charge on any atom is 0.161 e. The van der Waals surface area contributed by atoms with Gasteiger partial charge in [0.05, 0.1) is 0 Å². The first kappa shape index (κ1) is 21.7. The Morgan fingerprint density at radius 2 is 1.69 bits per heavy atom. The van der Waals surface area contributed by atoms with Crippen molar-refractivity contribution in [2.45, 2.75) is 26.8 Å². The number of anilines is 1. The van der Waals surface area contributed by atoms with Crippen molar-refractivity contribution in [1.29, 1.82) is 0 Å². The van der Waals surface area contributed by atoms with Crippen LogP contribution in [-0.4, -0.2) is 85.1 Å². The van der Waals surface area contributed by atoms with E-state index >= 15 is 0 Å². The van der Waals surface area contributed by atoms with Crippen LogP contribution in [0, 0.1) is 13.8 Å². The van der Waals surface area contributed by atoms with Crippen LogP contribution >= 0.6 is 0 Å². The largest absolute Gasteiger partial charge is 0.370 e. The van der Waals surface area contributed by atoms with Gasteiger partial charge in [-0.05, 0) is 53.5 Å². The van der Waals surface area contributed by atoms with E-state index < -0.39 is 0 Å². The van der Waals surface area contributed by atoms with Crippen molar-refractivity contribution in [2.24, 2.45) is 0 Å². The third-order valence-electron chi connectivity index (χ3n) is 5.68. The van der Waals surface area contributed by atoms with E-state index in [0.717, 1.165) is 80.7 Å². The molecule has 6 nitrogen and oxygen atoms in total. The number of rotatable bonds is 8. The van der Waals surface area contributed by atoms with Gasteiger partial charge in [-0.25, -0.2) is 9.97 Å². The lowest BCUT2D eigenvalue weighted by Crippen LogP contribution is -2.43. The van der Waals surface area contributed by atoms with Gasteiger partial charge in [-0.2, -0.15) is 0 Å². The van der Waals surface area contributed by atoms with E-state index in [4.69, 9.17) is 9.97 Å². The molecule has 1 fully saturated rings. The molecule has 0 radical (unpaired) electrons. The molecule has 1 aromatic carbocycles. The van der Waals surface area contributed by atoms with Gasteiger partial charge in [0.2, 0.25) is 0 Å². The van der Waals surface area contributed by atoms with Crippen LogP contribution in [0.15, 0.2) is 24.3 Å². The zero-order chi connectivity index (χ0) is 20.8. The van der Waals surface area contributed by atoms with Gasteiger partial charge in [0.25, 0.3) is 0 Å². The summed E-state index contributed by atoms with van der Waals surface area (Å²) in [6, 6.07) is 8.75. The average Bonchev–Trinajstić information content (AvgIpc) is 2.70. The van der Waals surface area contributed by atoms with Crippen LogP contribution in [0.1, 0.15) is 23.2 Å². The standard InChI is InChI=1S/C23H36N6/c1-18-19(2)25-23(26-22(18)24-11-6-12-27(3)4)21-9-7-20(8-10-21)17-29-15-13-28(5)14-16-29/h7-10H,6,11-17H2,1-5H3,(H,24,25,26). The molecule has 0 bridgehead atoms. The second-order valence-electron chi connectivity index (χ2n) is 8.47. The molecule has 1 aliphatic heterocycles. The Kier molecular flexibility index (Phi) is 7.58.